The van der Waals surface area contributed by atoms with Crippen LogP contribution in [0.1, 0.15) is 29.7 Å². The fraction of sp³-hybridized carbons (Fsp3) is 0.600. The first-order chi connectivity index (χ1) is 9.50. The number of aliphatic carboxylic acids is 1. The van der Waals surface area contributed by atoms with Gasteiger partial charge in [0.25, 0.3) is 0 Å². The highest BCUT2D eigenvalue weighted by Crippen LogP contribution is 2.35. The van der Waals surface area contributed by atoms with Crippen LogP contribution < -0.4 is 10.1 Å². The third-order valence-electron chi connectivity index (χ3n) is 4.27. The van der Waals surface area contributed by atoms with Crippen molar-refractivity contribution in [2.45, 2.75) is 33.1 Å². The van der Waals surface area contributed by atoms with E-state index in [0.717, 1.165) is 35.7 Å². The molecular formula is C15H22N2O3. The molecule has 1 fully saturated rings. The van der Waals surface area contributed by atoms with Crippen molar-refractivity contribution in [2.24, 2.45) is 5.41 Å². The molecule has 0 spiro atoms. The van der Waals surface area contributed by atoms with E-state index in [1.807, 2.05) is 13.8 Å². The van der Waals surface area contributed by atoms with E-state index in [9.17, 15) is 9.90 Å². The van der Waals surface area contributed by atoms with Gasteiger partial charge in [0.1, 0.15) is 5.75 Å². The number of nitrogens with one attached hydrogen (secondary N) is 1. The second-order valence-electron chi connectivity index (χ2n) is 5.56. The number of carboxylic acid groups (broad SMARTS) is 1. The number of pyridine rings is 1. The van der Waals surface area contributed by atoms with Crippen LogP contribution in [0.4, 0.5) is 0 Å². The molecule has 2 N–H and O–H groups in total. The number of hydrogen-bond donors (Lipinski definition) is 2. The number of carbonyl (C=O) groups is 1. The van der Waals surface area contributed by atoms with Gasteiger partial charge in [-0.05, 0) is 39.8 Å². The number of hydrogen-bond acceptors (Lipinski definition) is 4. The quantitative estimate of drug-likeness (QED) is 0.877. The number of carboxylic acids is 1. The minimum atomic E-state index is -0.722. The lowest BCUT2D eigenvalue weighted by Crippen LogP contribution is -2.43. The van der Waals surface area contributed by atoms with Crippen molar-refractivity contribution in [3.63, 3.8) is 0 Å². The van der Waals surface area contributed by atoms with Gasteiger partial charge in [-0.25, -0.2) is 0 Å². The summed E-state index contributed by atoms with van der Waals surface area (Å²) in [5, 5.41) is 12.9. The number of ether oxygens (including phenoxy) is 1. The predicted molar refractivity (Wildman–Crippen MR) is 76.1 cm³/mol. The van der Waals surface area contributed by atoms with E-state index in [4.69, 9.17) is 4.74 Å². The summed E-state index contributed by atoms with van der Waals surface area (Å²) in [5.41, 5.74) is 2.05. The highest BCUT2D eigenvalue weighted by atomic mass is 16.5. The van der Waals surface area contributed by atoms with Gasteiger partial charge in [-0.15, -0.1) is 0 Å². The van der Waals surface area contributed by atoms with Crippen molar-refractivity contribution in [3.8, 4) is 5.75 Å². The summed E-state index contributed by atoms with van der Waals surface area (Å²) in [6.07, 6.45) is 3.50. The molecular weight excluding hydrogens is 256 g/mol. The molecule has 5 heteroatoms. The van der Waals surface area contributed by atoms with E-state index in [0.29, 0.717) is 19.3 Å². The minimum Gasteiger partial charge on any atom is -0.496 e. The van der Waals surface area contributed by atoms with Crippen LogP contribution in [0.3, 0.4) is 0 Å². The van der Waals surface area contributed by atoms with Gasteiger partial charge in [0, 0.05) is 29.4 Å². The standard InChI is InChI=1S/C15H22N2O3/c1-10-9-17-12(11(2)13(10)20-3)8-15(14(18)19)4-6-16-7-5-15/h9,16H,4-8H2,1-3H3,(H,18,19). The van der Waals surface area contributed by atoms with Gasteiger partial charge in [0.05, 0.1) is 12.5 Å². The summed E-state index contributed by atoms with van der Waals surface area (Å²) in [5.74, 6) is 0.0872. The monoisotopic (exact) mass is 278 g/mol. The molecule has 1 aromatic rings. The van der Waals surface area contributed by atoms with Crippen LogP contribution in [0.25, 0.3) is 0 Å². The fourth-order valence-corrected chi connectivity index (χ4v) is 2.94. The molecule has 1 aliphatic heterocycles. The van der Waals surface area contributed by atoms with E-state index in [-0.39, 0.29) is 0 Å². The predicted octanol–water partition coefficient (Wildman–Crippen LogP) is 1.70. The Labute approximate surface area is 119 Å². The average Bonchev–Trinajstić information content (AvgIpc) is 2.43. The molecule has 20 heavy (non-hydrogen) atoms. The Bertz CT molecular complexity index is 508. The van der Waals surface area contributed by atoms with Crippen molar-refractivity contribution >= 4 is 5.97 Å². The number of aromatic nitrogens is 1. The number of aryl methyl sites for hydroxylation is 1. The third-order valence-corrected chi connectivity index (χ3v) is 4.27. The molecule has 0 radical (unpaired) electrons. The van der Waals surface area contributed by atoms with Gasteiger partial charge in [0.2, 0.25) is 0 Å². The lowest BCUT2D eigenvalue weighted by Gasteiger charge is -2.33. The Hall–Kier alpha value is -1.62. The van der Waals surface area contributed by atoms with Gasteiger partial charge in [0.15, 0.2) is 0 Å². The first kappa shape index (κ1) is 14.8. The van der Waals surface area contributed by atoms with Crippen molar-refractivity contribution in [2.75, 3.05) is 20.2 Å². The summed E-state index contributed by atoms with van der Waals surface area (Å²) in [6.45, 7) is 5.38. The molecule has 110 valence electrons. The van der Waals surface area contributed by atoms with E-state index in [1.165, 1.54) is 0 Å². The Morgan fingerprint density at radius 1 is 1.45 bits per heavy atom. The van der Waals surface area contributed by atoms with Crippen LogP contribution in [-0.2, 0) is 11.2 Å². The summed E-state index contributed by atoms with van der Waals surface area (Å²) < 4.78 is 5.40. The molecule has 0 bridgehead atoms. The maximum atomic E-state index is 11.7. The average molecular weight is 278 g/mol. The topological polar surface area (TPSA) is 71.5 Å². The molecule has 0 aromatic carbocycles. The molecule has 0 unspecified atom stereocenters. The Kier molecular flexibility index (Phi) is 4.28. The largest absolute Gasteiger partial charge is 0.496 e. The van der Waals surface area contributed by atoms with Crippen LogP contribution in [0.5, 0.6) is 5.75 Å². The van der Waals surface area contributed by atoms with E-state index in [2.05, 4.69) is 10.3 Å². The van der Waals surface area contributed by atoms with Crippen LogP contribution in [0.15, 0.2) is 6.20 Å². The van der Waals surface area contributed by atoms with Crippen LogP contribution in [0, 0.1) is 19.3 Å². The molecule has 0 saturated carbocycles. The minimum absolute atomic E-state index is 0.465. The zero-order valence-electron chi connectivity index (χ0n) is 12.3. The van der Waals surface area contributed by atoms with Crippen LogP contribution in [-0.4, -0.2) is 36.3 Å². The molecule has 2 heterocycles. The lowest BCUT2D eigenvalue weighted by molar-refractivity contribution is -0.150. The number of piperidine rings is 1. The fourth-order valence-electron chi connectivity index (χ4n) is 2.94. The van der Waals surface area contributed by atoms with Crippen molar-refractivity contribution < 1.29 is 14.6 Å². The maximum Gasteiger partial charge on any atom is 0.310 e. The zero-order valence-corrected chi connectivity index (χ0v) is 12.3. The van der Waals surface area contributed by atoms with Gasteiger partial charge in [-0.2, -0.15) is 0 Å². The van der Waals surface area contributed by atoms with E-state index < -0.39 is 11.4 Å². The highest BCUT2D eigenvalue weighted by molar-refractivity contribution is 5.75. The third kappa shape index (κ3) is 2.63. The van der Waals surface area contributed by atoms with Crippen molar-refractivity contribution in [1.29, 1.82) is 0 Å². The maximum absolute atomic E-state index is 11.7. The summed E-state index contributed by atoms with van der Waals surface area (Å²) in [4.78, 5) is 16.2. The van der Waals surface area contributed by atoms with Crippen LogP contribution >= 0.6 is 0 Å². The Morgan fingerprint density at radius 2 is 2.10 bits per heavy atom. The lowest BCUT2D eigenvalue weighted by atomic mass is 9.74. The highest BCUT2D eigenvalue weighted by Gasteiger charge is 2.40. The molecule has 0 atom stereocenters. The first-order valence-corrected chi connectivity index (χ1v) is 6.93. The van der Waals surface area contributed by atoms with Gasteiger partial charge >= 0.3 is 5.97 Å². The SMILES string of the molecule is COc1c(C)cnc(CC2(C(=O)O)CCNCC2)c1C. The number of methoxy groups -OCH3 is 1. The zero-order chi connectivity index (χ0) is 14.8. The van der Waals surface area contributed by atoms with Crippen molar-refractivity contribution in [1.82, 2.24) is 10.3 Å². The molecule has 1 aromatic heterocycles. The van der Waals surface area contributed by atoms with E-state index in [1.54, 1.807) is 13.3 Å². The summed E-state index contributed by atoms with van der Waals surface area (Å²) in [7, 11) is 1.64. The normalized spacial score (nSPS) is 17.8. The smallest absolute Gasteiger partial charge is 0.310 e. The molecule has 0 amide bonds. The van der Waals surface area contributed by atoms with Gasteiger partial charge in [-0.3, -0.25) is 9.78 Å². The molecule has 2 rings (SSSR count). The molecule has 1 saturated heterocycles. The summed E-state index contributed by atoms with van der Waals surface area (Å²) >= 11 is 0. The van der Waals surface area contributed by atoms with Gasteiger partial charge in [-0.1, -0.05) is 0 Å². The van der Waals surface area contributed by atoms with Gasteiger partial charge < -0.3 is 15.2 Å². The van der Waals surface area contributed by atoms with E-state index >= 15 is 0 Å². The number of rotatable bonds is 4. The first-order valence-electron chi connectivity index (χ1n) is 6.93. The Balaban J connectivity index is 2.34. The second kappa shape index (κ2) is 5.79. The molecule has 1 aliphatic rings. The Morgan fingerprint density at radius 3 is 2.65 bits per heavy atom. The second-order valence-corrected chi connectivity index (χ2v) is 5.56. The summed E-state index contributed by atoms with van der Waals surface area (Å²) in [6, 6.07) is 0. The molecule has 5 nitrogen and oxygen atoms in total. The van der Waals surface area contributed by atoms with Crippen LogP contribution in [0.2, 0.25) is 0 Å². The molecule has 0 aliphatic carbocycles. The number of nitrogens with zero attached hydrogens (tertiary/aromatic N) is 1. The van der Waals surface area contributed by atoms with Crippen molar-refractivity contribution in [3.05, 3.63) is 23.0 Å².